The van der Waals surface area contributed by atoms with Gasteiger partial charge in [-0.15, -0.1) is 0 Å². The molecular weight excluding hydrogens is 386 g/mol. The van der Waals surface area contributed by atoms with Gasteiger partial charge in [0.2, 0.25) is 0 Å². The second-order valence-electron chi connectivity index (χ2n) is 5.79. The topological polar surface area (TPSA) is 42.2 Å². The predicted octanol–water partition coefficient (Wildman–Crippen LogP) is 5.71. The van der Waals surface area contributed by atoms with Gasteiger partial charge in [-0.3, -0.25) is 0 Å². The maximum atomic E-state index is 14.3. The lowest BCUT2D eigenvalue weighted by Crippen LogP contribution is -2.18. The van der Waals surface area contributed by atoms with E-state index in [9.17, 15) is 27.5 Å². The van der Waals surface area contributed by atoms with E-state index in [2.05, 4.69) is 0 Å². The van der Waals surface area contributed by atoms with Crippen molar-refractivity contribution in [3.05, 3.63) is 82.4 Å². The van der Waals surface area contributed by atoms with Crippen molar-refractivity contribution in [2.45, 2.75) is 12.7 Å². The average molecular weight is 398 g/mol. The summed E-state index contributed by atoms with van der Waals surface area (Å²) in [6.07, 6.45) is -4.82. The molecule has 0 atom stereocenters. The van der Waals surface area contributed by atoms with Crippen LogP contribution < -0.4 is 0 Å². The zero-order valence-electron chi connectivity index (χ0n) is 13.6. The largest absolute Gasteiger partial charge is 0.477 e. The quantitative estimate of drug-likeness (QED) is 0.573. The standard InChI is InChI=1S/C19H12ClF4NO2/c20-12-6-7-13(15(21)8-12)14-9-16(19(22,23)24)25(17(14)18(26)27)10-11-4-2-1-3-5-11/h1-9H,10H2,(H,26,27). The van der Waals surface area contributed by atoms with Crippen molar-refractivity contribution < 1.29 is 27.5 Å². The van der Waals surface area contributed by atoms with E-state index in [1.807, 2.05) is 0 Å². The smallest absolute Gasteiger partial charge is 0.431 e. The Morgan fingerprint density at radius 2 is 1.70 bits per heavy atom. The minimum Gasteiger partial charge on any atom is -0.477 e. The molecule has 3 rings (SSSR count). The van der Waals surface area contributed by atoms with Gasteiger partial charge in [0.15, 0.2) is 0 Å². The predicted molar refractivity (Wildman–Crippen MR) is 92.3 cm³/mol. The van der Waals surface area contributed by atoms with Crippen LogP contribution in [0.5, 0.6) is 0 Å². The Kier molecular flexibility index (Phi) is 4.97. The lowest BCUT2D eigenvalue weighted by atomic mass is 10.0. The molecule has 0 spiro atoms. The zero-order valence-corrected chi connectivity index (χ0v) is 14.4. The highest BCUT2D eigenvalue weighted by molar-refractivity contribution is 6.30. The highest BCUT2D eigenvalue weighted by Crippen LogP contribution is 2.38. The first-order valence-corrected chi connectivity index (χ1v) is 8.09. The van der Waals surface area contributed by atoms with Gasteiger partial charge < -0.3 is 9.67 Å². The fourth-order valence-corrected chi connectivity index (χ4v) is 3.02. The molecule has 0 radical (unpaired) electrons. The van der Waals surface area contributed by atoms with Crippen LogP contribution in [0.15, 0.2) is 54.6 Å². The number of rotatable bonds is 4. The number of hydrogen-bond acceptors (Lipinski definition) is 1. The summed E-state index contributed by atoms with van der Waals surface area (Å²) in [7, 11) is 0. The fourth-order valence-electron chi connectivity index (χ4n) is 2.86. The third-order valence-electron chi connectivity index (χ3n) is 3.99. The summed E-state index contributed by atoms with van der Waals surface area (Å²) in [6, 6.07) is 12.1. The summed E-state index contributed by atoms with van der Waals surface area (Å²) in [6.45, 7) is -0.327. The Bertz CT molecular complexity index is 997. The number of nitrogens with zero attached hydrogens (tertiary/aromatic N) is 1. The van der Waals surface area contributed by atoms with Gasteiger partial charge in [-0.25, -0.2) is 9.18 Å². The monoisotopic (exact) mass is 397 g/mol. The number of aromatic carboxylic acids is 1. The molecular formula is C19H12ClF4NO2. The normalized spacial score (nSPS) is 11.6. The van der Waals surface area contributed by atoms with Crippen molar-refractivity contribution in [2.75, 3.05) is 0 Å². The van der Waals surface area contributed by atoms with E-state index < -0.39 is 29.4 Å². The van der Waals surface area contributed by atoms with Crippen LogP contribution in [0, 0.1) is 5.82 Å². The lowest BCUT2D eigenvalue weighted by molar-refractivity contribution is -0.143. The molecule has 0 amide bonds. The van der Waals surface area contributed by atoms with Gasteiger partial charge in [0.1, 0.15) is 17.2 Å². The molecule has 0 saturated heterocycles. The Balaban J connectivity index is 2.27. The van der Waals surface area contributed by atoms with Gasteiger partial charge >= 0.3 is 12.1 Å². The van der Waals surface area contributed by atoms with Gasteiger partial charge in [-0.2, -0.15) is 13.2 Å². The van der Waals surface area contributed by atoms with Gasteiger partial charge in [0.05, 0.1) is 0 Å². The molecule has 3 nitrogen and oxygen atoms in total. The maximum absolute atomic E-state index is 14.3. The molecule has 27 heavy (non-hydrogen) atoms. The first-order chi connectivity index (χ1) is 12.7. The van der Waals surface area contributed by atoms with E-state index in [1.54, 1.807) is 30.3 Å². The number of alkyl halides is 3. The molecule has 1 N–H and O–H groups in total. The Hall–Kier alpha value is -2.80. The zero-order chi connectivity index (χ0) is 19.8. The Labute approximate surface area is 156 Å². The molecule has 2 aromatic carbocycles. The van der Waals surface area contributed by atoms with Crippen LogP contribution in [0.1, 0.15) is 21.7 Å². The van der Waals surface area contributed by atoms with E-state index in [-0.39, 0.29) is 22.7 Å². The average Bonchev–Trinajstić information content (AvgIpc) is 2.95. The summed E-state index contributed by atoms with van der Waals surface area (Å²) < 4.78 is 55.6. The number of hydrogen-bond donors (Lipinski definition) is 1. The SMILES string of the molecule is O=C(O)c1c(-c2ccc(Cl)cc2F)cc(C(F)(F)F)n1Cc1ccccc1. The molecule has 0 aliphatic heterocycles. The van der Waals surface area contributed by atoms with Crippen molar-refractivity contribution in [1.29, 1.82) is 0 Å². The molecule has 0 bridgehead atoms. The van der Waals surface area contributed by atoms with Crippen LogP contribution >= 0.6 is 11.6 Å². The molecule has 0 saturated carbocycles. The van der Waals surface area contributed by atoms with Crippen molar-refractivity contribution >= 4 is 17.6 Å². The number of halogens is 5. The van der Waals surface area contributed by atoms with Crippen LogP contribution in [0.3, 0.4) is 0 Å². The van der Waals surface area contributed by atoms with Crippen LogP contribution in [0.4, 0.5) is 17.6 Å². The number of carboxylic acids is 1. The van der Waals surface area contributed by atoms with Crippen molar-refractivity contribution in [2.24, 2.45) is 0 Å². The van der Waals surface area contributed by atoms with Crippen LogP contribution in [0.2, 0.25) is 5.02 Å². The van der Waals surface area contributed by atoms with Crippen molar-refractivity contribution in [1.82, 2.24) is 4.57 Å². The van der Waals surface area contributed by atoms with Gasteiger partial charge in [0, 0.05) is 22.7 Å². The second kappa shape index (κ2) is 7.08. The van der Waals surface area contributed by atoms with E-state index in [4.69, 9.17) is 11.6 Å². The van der Waals surface area contributed by atoms with Crippen molar-refractivity contribution in [3.63, 3.8) is 0 Å². The molecule has 3 aromatic rings. The Morgan fingerprint density at radius 1 is 1.04 bits per heavy atom. The number of aromatic nitrogens is 1. The number of carbonyl (C=O) groups is 1. The van der Waals surface area contributed by atoms with Crippen LogP contribution in [-0.4, -0.2) is 15.6 Å². The summed E-state index contributed by atoms with van der Waals surface area (Å²) in [4.78, 5) is 11.8. The summed E-state index contributed by atoms with van der Waals surface area (Å²) in [5.74, 6) is -2.50. The molecule has 1 aromatic heterocycles. The molecule has 0 aliphatic rings. The first kappa shape index (κ1) is 19.0. The third kappa shape index (κ3) is 3.83. The van der Waals surface area contributed by atoms with Crippen LogP contribution in [0.25, 0.3) is 11.1 Å². The molecule has 8 heteroatoms. The molecule has 140 valence electrons. The van der Waals surface area contributed by atoms with E-state index in [0.717, 1.165) is 12.1 Å². The second-order valence-corrected chi connectivity index (χ2v) is 6.23. The highest BCUT2D eigenvalue weighted by Gasteiger charge is 2.38. The van der Waals surface area contributed by atoms with E-state index in [1.165, 1.54) is 6.07 Å². The van der Waals surface area contributed by atoms with E-state index >= 15 is 0 Å². The molecule has 0 unspecified atom stereocenters. The summed E-state index contributed by atoms with van der Waals surface area (Å²) in [5, 5.41) is 9.62. The minimum absolute atomic E-state index is 0.0490. The lowest BCUT2D eigenvalue weighted by Gasteiger charge is -2.14. The summed E-state index contributed by atoms with van der Waals surface area (Å²) in [5.41, 5.74) is -1.97. The molecule has 0 aliphatic carbocycles. The summed E-state index contributed by atoms with van der Waals surface area (Å²) >= 11 is 5.68. The minimum atomic E-state index is -4.82. The number of carboxylic acid groups (broad SMARTS) is 1. The van der Waals surface area contributed by atoms with Gasteiger partial charge in [-0.1, -0.05) is 41.9 Å². The molecule has 0 fully saturated rings. The number of benzene rings is 2. The van der Waals surface area contributed by atoms with E-state index in [0.29, 0.717) is 16.2 Å². The molecule has 1 heterocycles. The van der Waals surface area contributed by atoms with Gasteiger partial charge in [0.25, 0.3) is 0 Å². The highest BCUT2D eigenvalue weighted by atomic mass is 35.5. The van der Waals surface area contributed by atoms with Crippen molar-refractivity contribution in [3.8, 4) is 11.1 Å². The third-order valence-corrected chi connectivity index (χ3v) is 4.23. The maximum Gasteiger partial charge on any atom is 0.431 e. The first-order valence-electron chi connectivity index (χ1n) is 7.72. The van der Waals surface area contributed by atoms with Crippen LogP contribution in [-0.2, 0) is 12.7 Å². The fraction of sp³-hybridized carbons (Fsp3) is 0.105. The van der Waals surface area contributed by atoms with Gasteiger partial charge in [-0.05, 0) is 29.8 Å². The Morgan fingerprint density at radius 3 is 2.26 bits per heavy atom.